The van der Waals surface area contributed by atoms with Gasteiger partial charge in [0, 0.05) is 5.56 Å². The van der Waals surface area contributed by atoms with Gasteiger partial charge in [0.15, 0.2) is 0 Å². The second-order valence-corrected chi connectivity index (χ2v) is 3.58. The van der Waals surface area contributed by atoms with E-state index in [4.69, 9.17) is 0 Å². The number of halogens is 5. The topological polar surface area (TPSA) is 0 Å². The highest BCUT2D eigenvalue weighted by molar-refractivity contribution is 5.86. The van der Waals surface area contributed by atoms with Crippen LogP contribution >= 0.6 is 0 Å². The Morgan fingerprint density at radius 2 is 1.65 bits per heavy atom. The zero-order valence-electron chi connectivity index (χ0n) is 8.43. The molecule has 0 saturated carbocycles. The number of fused-ring (bicyclic) bond motifs is 1. The van der Waals surface area contributed by atoms with Crippen LogP contribution in [0.4, 0.5) is 22.0 Å². The van der Waals surface area contributed by atoms with Crippen LogP contribution in [0, 0.1) is 0 Å². The van der Waals surface area contributed by atoms with E-state index in [1.807, 2.05) is 0 Å². The van der Waals surface area contributed by atoms with Gasteiger partial charge in [0.25, 0.3) is 6.43 Å². The molecule has 2 rings (SSSR count). The van der Waals surface area contributed by atoms with Crippen LogP contribution in [0.3, 0.4) is 0 Å². The van der Waals surface area contributed by atoms with E-state index in [0.29, 0.717) is 5.39 Å². The highest BCUT2D eigenvalue weighted by Crippen LogP contribution is 2.36. The Balaban J connectivity index is 2.73. The summed E-state index contributed by atoms with van der Waals surface area (Å²) in [5.74, 6) is 0. The molecule has 0 nitrogen and oxygen atoms in total. The van der Waals surface area contributed by atoms with E-state index in [2.05, 4.69) is 0 Å². The van der Waals surface area contributed by atoms with Crippen molar-refractivity contribution in [1.82, 2.24) is 0 Å². The van der Waals surface area contributed by atoms with Crippen molar-refractivity contribution in [3.8, 4) is 0 Å². The minimum absolute atomic E-state index is 0.196. The van der Waals surface area contributed by atoms with Crippen molar-refractivity contribution in [2.24, 2.45) is 0 Å². The van der Waals surface area contributed by atoms with Gasteiger partial charge in [0.2, 0.25) is 0 Å². The first-order valence-electron chi connectivity index (χ1n) is 4.77. The molecule has 0 atom stereocenters. The van der Waals surface area contributed by atoms with Crippen LogP contribution in [0.25, 0.3) is 10.8 Å². The Kier molecular flexibility index (Phi) is 2.77. The van der Waals surface area contributed by atoms with Crippen molar-refractivity contribution >= 4 is 10.8 Å². The lowest BCUT2D eigenvalue weighted by Crippen LogP contribution is -2.05. The average molecular weight is 246 g/mol. The van der Waals surface area contributed by atoms with Crippen molar-refractivity contribution in [3.63, 3.8) is 0 Å². The molecule has 5 heteroatoms. The predicted octanol–water partition coefficient (Wildman–Crippen LogP) is 4.80. The van der Waals surface area contributed by atoms with E-state index in [1.165, 1.54) is 18.2 Å². The molecule has 0 fully saturated rings. The van der Waals surface area contributed by atoms with Crippen molar-refractivity contribution in [1.29, 1.82) is 0 Å². The van der Waals surface area contributed by atoms with E-state index >= 15 is 0 Å². The van der Waals surface area contributed by atoms with Gasteiger partial charge in [-0.2, -0.15) is 13.2 Å². The van der Waals surface area contributed by atoms with Crippen LogP contribution < -0.4 is 0 Å². The number of hydrogen-bond acceptors (Lipinski definition) is 0. The molecule has 0 saturated heterocycles. The second kappa shape index (κ2) is 3.98. The number of benzene rings is 2. The third-order valence-corrected chi connectivity index (χ3v) is 2.46. The summed E-state index contributed by atoms with van der Waals surface area (Å²) in [5.41, 5.74) is -1.30. The SMILES string of the molecule is FC(F)c1ccc2cccc(C(F)(F)F)c2c1. The third kappa shape index (κ3) is 2.23. The highest BCUT2D eigenvalue weighted by atomic mass is 19.4. The molecule has 0 N–H and O–H groups in total. The molecule has 0 aromatic heterocycles. The molecule has 0 spiro atoms. The minimum atomic E-state index is -4.54. The molecular formula is C12H7F5. The molecule has 0 aliphatic heterocycles. The van der Waals surface area contributed by atoms with Gasteiger partial charge in [-0.1, -0.05) is 24.3 Å². The molecule has 0 aliphatic rings. The predicted molar refractivity (Wildman–Crippen MR) is 53.9 cm³/mol. The second-order valence-electron chi connectivity index (χ2n) is 3.58. The van der Waals surface area contributed by atoms with E-state index in [0.717, 1.165) is 18.2 Å². The standard InChI is InChI=1S/C12H7F5/c13-11(14)8-5-4-7-2-1-3-10(9(7)6-8)12(15,16)17/h1-6,11H. The lowest BCUT2D eigenvalue weighted by molar-refractivity contribution is -0.136. The Morgan fingerprint density at radius 1 is 0.941 bits per heavy atom. The Labute approximate surface area is 93.7 Å². The van der Waals surface area contributed by atoms with Gasteiger partial charge in [-0.3, -0.25) is 0 Å². The Morgan fingerprint density at radius 3 is 2.24 bits per heavy atom. The number of hydrogen-bond donors (Lipinski definition) is 0. The Hall–Kier alpha value is -1.65. The Bertz CT molecular complexity index is 542. The maximum atomic E-state index is 12.7. The maximum absolute atomic E-state index is 12.7. The molecule has 0 bridgehead atoms. The summed E-state index contributed by atoms with van der Waals surface area (Å²) in [6.45, 7) is 0. The summed E-state index contributed by atoms with van der Waals surface area (Å²) in [6.07, 6.45) is -7.32. The van der Waals surface area contributed by atoms with Crippen LogP contribution in [0.2, 0.25) is 0 Å². The van der Waals surface area contributed by atoms with Gasteiger partial charge in [-0.25, -0.2) is 8.78 Å². The summed E-state index contributed by atoms with van der Waals surface area (Å²) in [5, 5.41) is 0.0991. The fraction of sp³-hybridized carbons (Fsp3) is 0.167. The van der Waals surface area contributed by atoms with Crippen molar-refractivity contribution < 1.29 is 22.0 Å². The van der Waals surface area contributed by atoms with E-state index < -0.39 is 23.7 Å². The molecule has 0 heterocycles. The van der Waals surface area contributed by atoms with Crippen molar-refractivity contribution in [2.45, 2.75) is 12.6 Å². The largest absolute Gasteiger partial charge is 0.417 e. The van der Waals surface area contributed by atoms with Crippen LogP contribution in [0.15, 0.2) is 36.4 Å². The number of alkyl halides is 5. The minimum Gasteiger partial charge on any atom is -0.205 e. The fourth-order valence-corrected chi connectivity index (χ4v) is 1.67. The molecule has 17 heavy (non-hydrogen) atoms. The first-order chi connectivity index (χ1) is 7.89. The van der Waals surface area contributed by atoms with Gasteiger partial charge in [-0.15, -0.1) is 0 Å². The summed E-state index contributed by atoms with van der Waals surface area (Å²) in [7, 11) is 0. The van der Waals surface area contributed by atoms with E-state index in [-0.39, 0.29) is 5.39 Å². The summed E-state index contributed by atoms with van der Waals surface area (Å²) >= 11 is 0. The van der Waals surface area contributed by atoms with Crippen LogP contribution in [0.1, 0.15) is 17.6 Å². The first-order valence-corrected chi connectivity index (χ1v) is 4.77. The zero-order chi connectivity index (χ0) is 12.6. The summed E-state index contributed by atoms with van der Waals surface area (Å²) in [4.78, 5) is 0. The molecule has 0 radical (unpaired) electrons. The maximum Gasteiger partial charge on any atom is 0.417 e. The monoisotopic (exact) mass is 246 g/mol. The van der Waals surface area contributed by atoms with Gasteiger partial charge < -0.3 is 0 Å². The normalized spacial score (nSPS) is 12.4. The van der Waals surface area contributed by atoms with Crippen LogP contribution in [-0.2, 0) is 6.18 Å². The fourth-order valence-electron chi connectivity index (χ4n) is 1.67. The molecule has 0 amide bonds. The molecule has 0 unspecified atom stereocenters. The third-order valence-electron chi connectivity index (χ3n) is 2.46. The molecule has 0 aliphatic carbocycles. The quantitative estimate of drug-likeness (QED) is 0.634. The summed E-state index contributed by atoms with van der Waals surface area (Å²) in [6, 6.07) is 6.90. The average Bonchev–Trinajstić information content (AvgIpc) is 2.26. The summed E-state index contributed by atoms with van der Waals surface area (Å²) < 4.78 is 62.9. The van der Waals surface area contributed by atoms with Crippen LogP contribution in [0.5, 0.6) is 0 Å². The lowest BCUT2D eigenvalue weighted by atomic mass is 10.0. The lowest BCUT2D eigenvalue weighted by Gasteiger charge is -2.11. The number of rotatable bonds is 1. The smallest absolute Gasteiger partial charge is 0.205 e. The van der Waals surface area contributed by atoms with Crippen LogP contribution in [-0.4, -0.2) is 0 Å². The highest BCUT2D eigenvalue weighted by Gasteiger charge is 2.32. The van der Waals surface area contributed by atoms with Gasteiger partial charge in [-0.05, 0) is 22.9 Å². The zero-order valence-corrected chi connectivity index (χ0v) is 8.43. The first kappa shape index (κ1) is 11.8. The van der Waals surface area contributed by atoms with Gasteiger partial charge in [0.1, 0.15) is 0 Å². The van der Waals surface area contributed by atoms with Crippen molar-refractivity contribution in [3.05, 3.63) is 47.5 Å². The van der Waals surface area contributed by atoms with E-state index in [1.54, 1.807) is 0 Å². The van der Waals surface area contributed by atoms with E-state index in [9.17, 15) is 22.0 Å². The molecule has 2 aromatic carbocycles. The molecule has 2 aromatic rings. The molecule has 90 valence electrons. The van der Waals surface area contributed by atoms with Crippen molar-refractivity contribution in [2.75, 3.05) is 0 Å². The van der Waals surface area contributed by atoms with Gasteiger partial charge in [0.05, 0.1) is 5.56 Å². The van der Waals surface area contributed by atoms with Gasteiger partial charge >= 0.3 is 6.18 Å². The molecular weight excluding hydrogens is 239 g/mol.